The molecule has 0 saturated heterocycles. The number of thiazole rings is 1. The zero-order valence-corrected chi connectivity index (χ0v) is 10.2. The van der Waals surface area contributed by atoms with Crippen LogP contribution in [0.25, 0.3) is 0 Å². The number of aromatic carboxylic acids is 1. The number of nitrogens with zero attached hydrogens (tertiary/aromatic N) is 2. The molecule has 0 atom stereocenters. The third kappa shape index (κ3) is 2.85. The van der Waals surface area contributed by atoms with Crippen LogP contribution < -0.4 is 4.90 Å². The van der Waals surface area contributed by atoms with Gasteiger partial charge in [-0.3, -0.25) is 0 Å². The van der Waals surface area contributed by atoms with Crippen molar-refractivity contribution >= 4 is 22.4 Å². The highest BCUT2D eigenvalue weighted by Gasteiger charge is 2.11. The van der Waals surface area contributed by atoms with Gasteiger partial charge in [0.25, 0.3) is 0 Å². The minimum atomic E-state index is -0.923. The first-order valence-electron chi connectivity index (χ1n) is 5.19. The topological polar surface area (TPSA) is 69.2 Å². The number of aromatic nitrogens is 2. The van der Waals surface area contributed by atoms with E-state index in [9.17, 15) is 4.79 Å². The van der Waals surface area contributed by atoms with Gasteiger partial charge in [0.2, 0.25) is 0 Å². The molecule has 0 unspecified atom stereocenters. The number of carboxylic acids is 1. The van der Waals surface area contributed by atoms with Crippen LogP contribution in [0.4, 0.5) is 5.13 Å². The summed E-state index contributed by atoms with van der Waals surface area (Å²) in [5.74, 6) is -0.923. The number of anilines is 1. The Hall–Kier alpha value is -1.82. The molecule has 2 rings (SSSR count). The maximum absolute atomic E-state index is 10.7. The van der Waals surface area contributed by atoms with E-state index in [2.05, 4.69) is 9.97 Å². The first kappa shape index (κ1) is 11.7. The minimum Gasteiger partial charge on any atom is -0.477 e. The van der Waals surface area contributed by atoms with Gasteiger partial charge in [0.05, 0.1) is 6.20 Å². The van der Waals surface area contributed by atoms with Crippen molar-refractivity contribution in [3.8, 4) is 0 Å². The molecule has 90 valence electrons. The molecule has 2 heterocycles. The van der Waals surface area contributed by atoms with E-state index in [-0.39, 0.29) is 4.88 Å². The van der Waals surface area contributed by atoms with Crippen molar-refractivity contribution in [2.24, 2.45) is 0 Å². The Morgan fingerprint density at radius 1 is 1.65 bits per heavy atom. The Morgan fingerprint density at radius 2 is 2.47 bits per heavy atom. The summed E-state index contributed by atoms with van der Waals surface area (Å²) in [6.07, 6.45) is 6.15. The highest BCUT2D eigenvalue weighted by molar-refractivity contribution is 7.17. The number of hydrogen-bond acceptors (Lipinski definition) is 4. The van der Waals surface area contributed by atoms with Crippen LogP contribution >= 0.6 is 11.3 Å². The first-order chi connectivity index (χ1) is 8.16. The van der Waals surface area contributed by atoms with E-state index in [0.717, 1.165) is 18.1 Å². The summed E-state index contributed by atoms with van der Waals surface area (Å²) in [5, 5.41) is 9.54. The Balaban J connectivity index is 1.94. The van der Waals surface area contributed by atoms with Crippen LogP contribution in [0.1, 0.15) is 15.2 Å². The van der Waals surface area contributed by atoms with E-state index >= 15 is 0 Å². The van der Waals surface area contributed by atoms with Gasteiger partial charge in [-0.2, -0.15) is 0 Å². The lowest BCUT2D eigenvalue weighted by atomic mass is 10.2. The molecule has 2 aromatic heterocycles. The van der Waals surface area contributed by atoms with Crippen LogP contribution in [0.5, 0.6) is 0 Å². The van der Waals surface area contributed by atoms with E-state index in [4.69, 9.17) is 5.11 Å². The normalized spacial score (nSPS) is 10.4. The van der Waals surface area contributed by atoms with Crippen molar-refractivity contribution in [3.05, 3.63) is 35.1 Å². The SMILES string of the molecule is CN(CCc1cc[nH]c1)c1ncc(C(=O)O)s1. The maximum Gasteiger partial charge on any atom is 0.347 e. The number of carbonyl (C=O) groups is 1. The molecule has 5 nitrogen and oxygen atoms in total. The van der Waals surface area contributed by atoms with Crippen LogP contribution in [0, 0.1) is 0 Å². The second-order valence-corrected chi connectivity index (χ2v) is 4.71. The van der Waals surface area contributed by atoms with Crippen LogP contribution in [0.15, 0.2) is 24.7 Å². The number of rotatable bonds is 5. The molecule has 17 heavy (non-hydrogen) atoms. The third-order valence-corrected chi connectivity index (χ3v) is 3.53. The summed E-state index contributed by atoms with van der Waals surface area (Å²) in [7, 11) is 1.91. The van der Waals surface area contributed by atoms with Gasteiger partial charge in [-0.1, -0.05) is 11.3 Å². The number of carboxylic acid groups (broad SMARTS) is 1. The largest absolute Gasteiger partial charge is 0.477 e. The fraction of sp³-hybridized carbons (Fsp3) is 0.273. The average Bonchev–Trinajstić information content (AvgIpc) is 2.96. The molecule has 0 bridgehead atoms. The fourth-order valence-electron chi connectivity index (χ4n) is 1.45. The van der Waals surface area contributed by atoms with Crippen molar-refractivity contribution in [1.29, 1.82) is 0 Å². The van der Waals surface area contributed by atoms with Gasteiger partial charge in [0.1, 0.15) is 4.88 Å². The number of aromatic amines is 1. The molecule has 0 saturated carbocycles. The van der Waals surface area contributed by atoms with Crippen molar-refractivity contribution in [2.75, 3.05) is 18.5 Å². The molecule has 0 aliphatic heterocycles. The molecule has 0 aliphatic carbocycles. The van der Waals surface area contributed by atoms with Gasteiger partial charge in [0.15, 0.2) is 5.13 Å². The molecule has 0 amide bonds. The standard InChI is InChI=1S/C11H13N3O2S/c1-14(5-3-8-2-4-12-6-8)11-13-7-9(17-11)10(15)16/h2,4,6-7,12H,3,5H2,1H3,(H,15,16). The maximum atomic E-state index is 10.7. The molecule has 2 aromatic rings. The fourth-order valence-corrected chi connectivity index (χ4v) is 2.19. The second kappa shape index (κ2) is 5.01. The van der Waals surface area contributed by atoms with Crippen LogP contribution in [-0.4, -0.2) is 34.6 Å². The Morgan fingerprint density at radius 3 is 3.06 bits per heavy atom. The monoisotopic (exact) mass is 251 g/mol. The van der Waals surface area contributed by atoms with E-state index < -0.39 is 5.97 Å². The van der Waals surface area contributed by atoms with E-state index in [1.54, 1.807) is 0 Å². The Kier molecular flexibility index (Phi) is 3.43. The van der Waals surface area contributed by atoms with Crippen molar-refractivity contribution in [3.63, 3.8) is 0 Å². The zero-order valence-electron chi connectivity index (χ0n) is 9.38. The van der Waals surface area contributed by atoms with E-state index in [0.29, 0.717) is 0 Å². The second-order valence-electron chi connectivity index (χ2n) is 3.70. The molecule has 0 fully saturated rings. The van der Waals surface area contributed by atoms with Gasteiger partial charge in [0, 0.05) is 26.0 Å². The molecule has 0 aromatic carbocycles. The summed E-state index contributed by atoms with van der Waals surface area (Å²) in [6.45, 7) is 0.810. The molecule has 0 spiro atoms. The summed E-state index contributed by atoms with van der Waals surface area (Å²) < 4.78 is 0. The predicted octanol–water partition coefficient (Wildman–Crippen LogP) is 1.85. The van der Waals surface area contributed by atoms with Crippen molar-refractivity contribution in [2.45, 2.75) is 6.42 Å². The van der Waals surface area contributed by atoms with E-state index in [1.807, 2.05) is 30.4 Å². The van der Waals surface area contributed by atoms with Gasteiger partial charge in [-0.05, 0) is 18.1 Å². The smallest absolute Gasteiger partial charge is 0.347 e. The van der Waals surface area contributed by atoms with Gasteiger partial charge in [-0.25, -0.2) is 9.78 Å². The van der Waals surface area contributed by atoms with Crippen molar-refractivity contribution in [1.82, 2.24) is 9.97 Å². The first-order valence-corrected chi connectivity index (χ1v) is 6.00. The summed E-state index contributed by atoms with van der Waals surface area (Å²) in [4.78, 5) is 20.1. The molecule has 0 aliphatic rings. The van der Waals surface area contributed by atoms with Crippen molar-refractivity contribution < 1.29 is 9.90 Å². The predicted molar refractivity (Wildman–Crippen MR) is 66.8 cm³/mol. The summed E-state index contributed by atoms with van der Waals surface area (Å²) in [5.41, 5.74) is 1.23. The lowest BCUT2D eigenvalue weighted by Crippen LogP contribution is -2.19. The summed E-state index contributed by atoms with van der Waals surface area (Å²) >= 11 is 1.19. The molecule has 2 N–H and O–H groups in total. The number of H-pyrrole nitrogens is 1. The van der Waals surface area contributed by atoms with Crippen LogP contribution in [-0.2, 0) is 6.42 Å². The quantitative estimate of drug-likeness (QED) is 0.851. The molecular formula is C11H13N3O2S. The number of likely N-dealkylation sites (N-methyl/N-ethyl adjacent to an activating group) is 1. The molecular weight excluding hydrogens is 238 g/mol. The van der Waals surface area contributed by atoms with Gasteiger partial charge < -0.3 is 15.0 Å². The third-order valence-electron chi connectivity index (χ3n) is 2.43. The highest BCUT2D eigenvalue weighted by atomic mass is 32.1. The molecule has 6 heteroatoms. The number of nitrogens with one attached hydrogen (secondary N) is 1. The zero-order chi connectivity index (χ0) is 12.3. The Labute approximate surface area is 103 Å². The lowest BCUT2D eigenvalue weighted by Gasteiger charge is -2.14. The van der Waals surface area contributed by atoms with Gasteiger partial charge in [-0.15, -0.1) is 0 Å². The Bertz CT molecular complexity index is 493. The minimum absolute atomic E-state index is 0.272. The van der Waals surface area contributed by atoms with Crippen LogP contribution in [0.2, 0.25) is 0 Å². The molecule has 0 radical (unpaired) electrons. The summed E-state index contributed by atoms with van der Waals surface area (Å²) in [6, 6.07) is 2.03. The number of hydrogen-bond donors (Lipinski definition) is 2. The lowest BCUT2D eigenvalue weighted by molar-refractivity contribution is 0.0702. The van der Waals surface area contributed by atoms with E-state index in [1.165, 1.54) is 23.1 Å². The van der Waals surface area contributed by atoms with Crippen LogP contribution in [0.3, 0.4) is 0 Å². The average molecular weight is 251 g/mol. The van der Waals surface area contributed by atoms with Gasteiger partial charge >= 0.3 is 5.97 Å². The highest BCUT2D eigenvalue weighted by Crippen LogP contribution is 2.21.